The van der Waals surface area contributed by atoms with Crippen LogP contribution in [0, 0.1) is 0 Å². The van der Waals surface area contributed by atoms with Crippen molar-refractivity contribution < 1.29 is 34.2 Å². The zero-order valence-electron chi connectivity index (χ0n) is 18.1. The smallest absolute Gasteiger partial charge is 0.326 e. The molecule has 3 atom stereocenters. The minimum absolute atomic E-state index is 0.127. The van der Waals surface area contributed by atoms with Gasteiger partial charge in [0.05, 0.1) is 18.9 Å². The molecule has 0 saturated carbocycles. The number of imidazole rings is 1. The van der Waals surface area contributed by atoms with Gasteiger partial charge in [-0.25, -0.2) is 9.78 Å². The van der Waals surface area contributed by atoms with E-state index in [-0.39, 0.29) is 19.3 Å². The maximum Gasteiger partial charge on any atom is 0.326 e. The highest BCUT2D eigenvalue weighted by Crippen LogP contribution is 2.04. The highest BCUT2D eigenvalue weighted by Gasteiger charge is 2.27. The molecule has 1 aromatic rings. The Morgan fingerprint density at radius 1 is 1.03 bits per heavy atom. The Morgan fingerprint density at radius 2 is 1.76 bits per heavy atom. The van der Waals surface area contributed by atoms with Gasteiger partial charge in [-0.15, -0.1) is 0 Å². The maximum absolute atomic E-state index is 12.5. The van der Waals surface area contributed by atoms with E-state index in [1.54, 1.807) is 0 Å². The summed E-state index contributed by atoms with van der Waals surface area (Å²) in [6.07, 6.45) is 3.56. The molecule has 1 heterocycles. The molecule has 1 aromatic heterocycles. The van der Waals surface area contributed by atoms with E-state index in [1.807, 2.05) is 0 Å². The first-order chi connectivity index (χ1) is 15.6. The van der Waals surface area contributed by atoms with E-state index in [9.17, 15) is 29.1 Å². The Labute approximate surface area is 189 Å². The molecule has 1 rings (SSSR count). The Hall–Kier alpha value is -3.52. The van der Waals surface area contributed by atoms with Gasteiger partial charge in [0, 0.05) is 24.7 Å². The molecule has 0 aliphatic rings. The summed E-state index contributed by atoms with van der Waals surface area (Å²) in [6, 6.07) is -3.47. The predicted molar refractivity (Wildman–Crippen MR) is 115 cm³/mol. The molecule has 0 bridgehead atoms. The minimum atomic E-state index is -1.31. The van der Waals surface area contributed by atoms with Gasteiger partial charge in [-0.3, -0.25) is 19.2 Å². The van der Waals surface area contributed by atoms with Gasteiger partial charge in [-0.05, 0) is 32.2 Å². The molecule has 184 valence electrons. The third-order valence-corrected chi connectivity index (χ3v) is 4.61. The first kappa shape index (κ1) is 27.5. The molecule has 10 N–H and O–H groups in total. The van der Waals surface area contributed by atoms with Crippen LogP contribution in [0.3, 0.4) is 0 Å². The summed E-state index contributed by atoms with van der Waals surface area (Å²) in [7, 11) is 0. The van der Waals surface area contributed by atoms with Crippen molar-refractivity contribution >= 4 is 29.7 Å². The second-order valence-corrected chi connectivity index (χ2v) is 7.34. The Kier molecular flexibility index (Phi) is 12.1. The van der Waals surface area contributed by atoms with Crippen molar-refractivity contribution in [3.63, 3.8) is 0 Å². The number of hydrogen-bond acceptors (Lipinski definition) is 8. The molecule has 0 aliphatic heterocycles. The molecular weight excluding hydrogens is 438 g/mol. The Morgan fingerprint density at radius 3 is 2.33 bits per heavy atom. The molecule has 14 nitrogen and oxygen atoms in total. The number of aliphatic carboxylic acids is 2. The van der Waals surface area contributed by atoms with Crippen LogP contribution in [-0.2, 0) is 30.4 Å². The third-order valence-electron chi connectivity index (χ3n) is 4.61. The number of rotatable bonds is 16. The van der Waals surface area contributed by atoms with Crippen LogP contribution < -0.4 is 27.4 Å². The molecule has 0 radical (unpaired) electrons. The Bertz CT molecular complexity index is 800. The van der Waals surface area contributed by atoms with Crippen LogP contribution in [0.15, 0.2) is 12.5 Å². The van der Waals surface area contributed by atoms with Crippen molar-refractivity contribution in [1.82, 2.24) is 25.9 Å². The fourth-order valence-corrected chi connectivity index (χ4v) is 2.83. The number of amides is 3. The predicted octanol–water partition coefficient (Wildman–Crippen LogP) is -2.56. The van der Waals surface area contributed by atoms with Gasteiger partial charge in [0.2, 0.25) is 17.7 Å². The van der Waals surface area contributed by atoms with E-state index in [2.05, 4.69) is 25.9 Å². The number of carbonyl (C=O) groups is 5. The minimum Gasteiger partial charge on any atom is -0.481 e. The normalized spacial score (nSPS) is 13.4. The highest BCUT2D eigenvalue weighted by molar-refractivity contribution is 5.92. The number of carboxylic acid groups (broad SMARTS) is 2. The monoisotopic (exact) mass is 469 g/mol. The molecule has 33 heavy (non-hydrogen) atoms. The molecule has 3 unspecified atom stereocenters. The van der Waals surface area contributed by atoms with Gasteiger partial charge < -0.3 is 42.6 Å². The first-order valence-corrected chi connectivity index (χ1v) is 10.4. The van der Waals surface area contributed by atoms with Gasteiger partial charge >= 0.3 is 11.9 Å². The molecule has 0 saturated heterocycles. The van der Waals surface area contributed by atoms with E-state index < -0.39 is 60.8 Å². The van der Waals surface area contributed by atoms with Crippen molar-refractivity contribution in [3.05, 3.63) is 18.2 Å². The molecule has 3 amide bonds. The summed E-state index contributed by atoms with van der Waals surface area (Å²) in [4.78, 5) is 65.8. The molecule has 0 aliphatic carbocycles. The third kappa shape index (κ3) is 11.1. The van der Waals surface area contributed by atoms with Gasteiger partial charge in [0.15, 0.2) is 0 Å². The lowest BCUT2D eigenvalue weighted by atomic mass is 10.1. The lowest BCUT2D eigenvalue weighted by Crippen LogP contribution is -2.54. The Balaban J connectivity index is 2.64. The second kappa shape index (κ2) is 14.5. The number of nitrogens with one attached hydrogen (secondary N) is 4. The van der Waals surface area contributed by atoms with Gasteiger partial charge in [0.25, 0.3) is 0 Å². The molecular formula is C19H31N7O7. The summed E-state index contributed by atoms with van der Waals surface area (Å²) >= 11 is 0. The van der Waals surface area contributed by atoms with Crippen LogP contribution in [0.1, 0.15) is 37.8 Å². The molecule has 0 fully saturated rings. The number of nitrogens with zero attached hydrogens (tertiary/aromatic N) is 1. The second-order valence-electron chi connectivity index (χ2n) is 7.34. The highest BCUT2D eigenvalue weighted by atomic mass is 16.4. The summed E-state index contributed by atoms with van der Waals surface area (Å²) < 4.78 is 0. The quantitative estimate of drug-likeness (QED) is 0.118. The standard InChI is InChI=1S/C19H31N7O7/c20-6-2-1-3-14(19(32)33)26-18(31)13(4-5-16(28)29)25-15(27)9-23-17(30)12(21)7-11-8-22-10-24-11/h8,10,12-14H,1-7,9,20-21H2,(H,22,24)(H,23,30)(H,25,27)(H,26,31)(H,28,29)(H,32,33). The number of aromatic nitrogens is 2. The number of H-pyrrole nitrogens is 1. The number of unbranched alkanes of at least 4 members (excludes halogenated alkanes) is 1. The summed E-state index contributed by atoms with van der Waals surface area (Å²) in [6.45, 7) is -0.139. The molecule has 0 aromatic carbocycles. The largest absolute Gasteiger partial charge is 0.481 e. The summed E-state index contributed by atoms with van der Waals surface area (Å²) in [5, 5.41) is 25.2. The van der Waals surface area contributed by atoms with Crippen molar-refractivity contribution in [2.24, 2.45) is 11.5 Å². The van der Waals surface area contributed by atoms with Crippen LogP contribution in [0.5, 0.6) is 0 Å². The van der Waals surface area contributed by atoms with E-state index in [0.717, 1.165) is 0 Å². The fraction of sp³-hybridized carbons (Fsp3) is 0.579. The van der Waals surface area contributed by atoms with E-state index in [4.69, 9.17) is 16.6 Å². The zero-order chi connectivity index (χ0) is 24.8. The van der Waals surface area contributed by atoms with Crippen LogP contribution in [0.4, 0.5) is 0 Å². The van der Waals surface area contributed by atoms with Crippen LogP contribution in [0.25, 0.3) is 0 Å². The number of aromatic amines is 1. The summed E-state index contributed by atoms with van der Waals surface area (Å²) in [5.74, 6) is -4.68. The number of carboxylic acids is 2. The van der Waals surface area contributed by atoms with Gasteiger partial charge in [0.1, 0.15) is 12.1 Å². The average molecular weight is 469 g/mol. The fourth-order valence-electron chi connectivity index (χ4n) is 2.83. The lowest BCUT2D eigenvalue weighted by Gasteiger charge is -2.21. The first-order valence-electron chi connectivity index (χ1n) is 10.4. The van der Waals surface area contributed by atoms with Crippen LogP contribution in [-0.4, -0.2) is 81.1 Å². The van der Waals surface area contributed by atoms with E-state index >= 15 is 0 Å². The topological polar surface area (TPSA) is 243 Å². The van der Waals surface area contributed by atoms with E-state index in [0.29, 0.717) is 25.1 Å². The van der Waals surface area contributed by atoms with Crippen LogP contribution >= 0.6 is 0 Å². The van der Waals surface area contributed by atoms with Gasteiger partial charge in [-0.2, -0.15) is 0 Å². The van der Waals surface area contributed by atoms with Crippen LogP contribution in [0.2, 0.25) is 0 Å². The number of carbonyl (C=O) groups excluding carboxylic acids is 3. The SMILES string of the molecule is NCCCCC(NC(=O)C(CCC(=O)O)NC(=O)CNC(=O)C(N)Cc1cnc[nH]1)C(=O)O. The van der Waals surface area contributed by atoms with E-state index in [1.165, 1.54) is 12.5 Å². The number of nitrogens with two attached hydrogens (primary N) is 2. The van der Waals surface area contributed by atoms with Gasteiger partial charge in [-0.1, -0.05) is 0 Å². The van der Waals surface area contributed by atoms with Crippen molar-refractivity contribution in [2.45, 2.75) is 56.7 Å². The zero-order valence-corrected chi connectivity index (χ0v) is 18.1. The van der Waals surface area contributed by atoms with Crippen molar-refractivity contribution in [1.29, 1.82) is 0 Å². The lowest BCUT2D eigenvalue weighted by molar-refractivity contribution is -0.143. The average Bonchev–Trinajstić information content (AvgIpc) is 3.26. The van der Waals surface area contributed by atoms with Crippen molar-refractivity contribution in [2.75, 3.05) is 13.1 Å². The number of hydrogen-bond donors (Lipinski definition) is 8. The molecule has 0 spiro atoms. The van der Waals surface area contributed by atoms with Crippen molar-refractivity contribution in [3.8, 4) is 0 Å². The summed E-state index contributed by atoms with van der Waals surface area (Å²) in [5.41, 5.74) is 11.8. The molecule has 14 heteroatoms. The maximum atomic E-state index is 12.5.